The molecule has 0 spiro atoms. The molecule has 1 amide bonds. The van der Waals surface area contributed by atoms with Crippen LogP contribution in [0.1, 0.15) is 36.3 Å². The first-order chi connectivity index (χ1) is 13.1. The highest BCUT2D eigenvalue weighted by atomic mass is 16.5. The van der Waals surface area contributed by atoms with Gasteiger partial charge in [0.2, 0.25) is 5.91 Å². The van der Waals surface area contributed by atoms with Crippen molar-refractivity contribution in [3.8, 4) is 5.75 Å². The standard InChI is InChI=1S/C21H27N3O3/c1-24-13-15(12-23-24)16-11-17(16)20(25)22-14-21(7-9-27-10-8-21)18-5-3-4-6-19(18)26-2/h3-6,12-13,16-17H,7-11,14H2,1-2H3,(H,22,25)/t16-,17+/m0/s1. The van der Waals surface area contributed by atoms with Gasteiger partial charge in [-0.05, 0) is 36.8 Å². The van der Waals surface area contributed by atoms with Gasteiger partial charge in [-0.3, -0.25) is 9.48 Å². The maximum Gasteiger partial charge on any atom is 0.223 e. The molecule has 1 N–H and O–H groups in total. The number of methoxy groups -OCH3 is 1. The van der Waals surface area contributed by atoms with Crippen molar-refractivity contribution < 1.29 is 14.3 Å². The minimum Gasteiger partial charge on any atom is -0.496 e. The van der Waals surface area contributed by atoms with Crippen molar-refractivity contribution >= 4 is 5.91 Å². The molecule has 144 valence electrons. The molecule has 0 unspecified atom stereocenters. The lowest BCUT2D eigenvalue weighted by molar-refractivity contribution is -0.122. The number of carbonyl (C=O) groups is 1. The molecule has 4 rings (SSSR count). The first kappa shape index (κ1) is 18.0. The second-order valence-electron chi connectivity index (χ2n) is 7.71. The molecule has 1 saturated heterocycles. The van der Waals surface area contributed by atoms with Crippen LogP contribution in [0.15, 0.2) is 36.7 Å². The highest BCUT2D eigenvalue weighted by Gasteiger charge is 2.45. The fourth-order valence-corrected chi connectivity index (χ4v) is 4.26. The third kappa shape index (κ3) is 3.58. The van der Waals surface area contributed by atoms with Crippen LogP contribution in [-0.4, -0.2) is 42.6 Å². The van der Waals surface area contributed by atoms with Crippen LogP contribution in [0.3, 0.4) is 0 Å². The minimum absolute atomic E-state index is 0.0590. The number of carbonyl (C=O) groups excluding carboxylic acids is 1. The van der Waals surface area contributed by atoms with Crippen LogP contribution >= 0.6 is 0 Å². The van der Waals surface area contributed by atoms with E-state index in [1.165, 1.54) is 0 Å². The van der Waals surface area contributed by atoms with E-state index in [9.17, 15) is 4.79 Å². The van der Waals surface area contributed by atoms with Gasteiger partial charge in [0.25, 0.3) is 0 Å². The Morgan fingerprint density at radius 3 is 2.85 bits per heavy atom. The van der Waals surface area contributed by atoms with Gasteiger partial charge in [0, 0.05) is 49.9 Å². The number of aryl methyl sites for hydroxylation is 1. The van der Waals surface area contributed by atoms with E-state index < -0.39 is 0 Å². The lowest BCUT2D eigenvalue weighted by Gasteiger charge is -2.38. The molecule has 1 aromatic carbocycles. The van der Waals surface area contributed by atoms with Crippen LogP contribution in [0.25, 0.3) is 0 Å². The van der Waals surface area contributed by atoms with Gasteiger partial charge in [-0.25, -0.2) is 0 Å². The van der Waals surface area contributed by atoms with Crippen molar-refractivity contribution in [3.63, 3.8) is 0 Å². The summed E-state index contributed by atoms with van der Waals surface area (Å²) in [5.74, 6) is 1.39. The van der Waals surface area contributed by atoms with E-state index in [0.717, 1.165) is 36.1 Å². The number of hydrogen-bond acceptors (Lipinski definition) is 4. The smallest absolute Gasteiger partial charge is 0.223 e. The van der Waals surface area contributed by atoms with Gasteiger partial charge in [0.15, 0.2) is 0 Å². The molecular formula is C21H27N3O3. The Morgan fingerprint density at radius 2 is 2.15 bits per heavy atom. The van der Waals surface area contributed by atoms with Gasteiger partial charge in [-0.15, -0.1) is 0 Å². The minimum atomic E-state index is -0.140. The summed E-state index contributed by atoms with van der Waals surface area (Å²) in [7, 11) is 3.61. The molecule has 1 aliphatic carbocycles. The molecule has 2 aliphatic rings. The molecule has 2 atom stereocenters. The number of rotatable bonds is 6. The summed E-state index contributed by atoms with van der Waals surface area (Å²) in [5, 5.41) is 7.45. The Hall–Kier alpha value is -2.34. The third-order valence-corrected chi connectivity index (χ3v) is 6.01. The normalized spacial score (nSPS) is 23.6. The number of para-hydroxylation sites is 1. The quantitative estimate of drug-likeness (QED) is 0.849. The third-order valence-electron chi connectivity index (χ3n) is 6.01. The largest absolute Gasteiger partial charge is 0.496 e. The summed E-state index contributed by atoms with van der Waals surface area (Å²) < 4.78 is 13.0. The molecule has 1 aromatic heterocycles. The SMILES string of the molecule is COc1ccccc1C1(CNC(=O)[C@@H]2C[C@H]2c2cnn(C)c2)CCOCC1. The lowest BCUT2D eigenvalue weighted by atomic mass is 9.73. The van der Waals surface area contributed by atoms with Crippen LogP contribution < -0.4 is 10.1 Å². The van der Waals surface area contributed by atoms with Crippen LogP contribution in [0, 0.1) is 5.92 Å². The van der Waals surface area contributed by atoms with Crippen LogP contribution in [0.5, 0.6) is 5.75 Å². The van der Waals surface area contributed by atoms with Crippen molar-refractivity contribution in [3.05, 3.63) is 47.8 Å². The fourth-order valence-electron chi connectivity index (χ4n) is 4.26. The van der Waals surface area contributed by atoms with Crippen molar-refractivity contribution in [2.75, 3.05) is 26.9 Å². The molecule has 6 heteroatoms. The zero-order chi connectivity index (χ0) is 18.9. The number of benzene rings is 1. The topological polar surface area (TPSA) is 65.4 Å². The van der Waals surface area contributed by atoms with E-state index >= 15 is 0 Å². The second kappa shape index (κ2) is 7.35. The molecule has 0 bridgehead atoms. The highest BCUT2D eigenvalue weighted by Crippen LogP contribution is 2.47. The van der Waals surface area contributed by atoms with Gasteiger partial charge in [-0.1, -0.05) is 18.2 Å². The molecule has 6 nitrogen and oxygen atoms in total. The Labute approximate surface area is 159 Å². The van der Waals surface area contributed by atoms with Gasteiger partial charge in [0.05, 0.1) is 13.3 Å². The molecule has 27 heavy (non-hydrogen) atoms. The van der Waals surface area contributed by atoms with E-state index in [0.29, 0.717) is 25.7 Å². The van der Waals surface area contributed by atoms with Gasteiger partial charge in [0.1, 0.15) is 5.75 Å². The Bertz CT molecular complexity index is 811. The first-order valence-electron chi connectivity index (χ1n) is 9.60. The molecule has 2 heterocycles. The summed E-state index contributed by atoms with van der Waals surface area (Å²) in [6.07, 6.45) is 6.54. The molecule has 2 fully saturated rings. The number of hydrogen-bond donors (Lipinski definition) is 1. The Balaban J connectivity index is 1.46. The summed E-state index contributed by atoms with van der Waals surface area (Å²) >= 11 is 0. The zero-order valence-corrected chi connectivity index (χ0v) is 16.0. The average Bonchev–Trinajstić information content (AvgIpc) is 3.40. The maximum atomic E-state index is 12.8. The molecule has 0 radical (unpaired) electrons. The maximum absolute atomic E-state index is 12.8. The zero-order valence-electron chi connectivity index (χ0n) is 16.0. The predicted molar refractivity (Wildman–Crippen MR) is 102 cm³/mol. The number of nitrogens with one attached hydrogen (secondary N) is 1. The average molecular weight is 369 g/mol. The van der Waals surface area contributed by atoms with Crippen molar-refractivity contribution in [1.29, 1.82) is 0 Å². The van der Waals surface area contributed by atoms with Gasteiger partial charge < -0.3 is 14.8 Å². The van der Waals surface area contributed by atoms with Gasteiger partial charge >= 0.3 is 0 Å². The molecule has 2 aromatic rings. The number of aromatic nitrogens is 2. The van der Waals surface area contributed by atoms with Gasteiger partial charge in [-0.2, -0.15) is 5.10 Å². The summed E-state index contributed by atoms with van der Waals surface area (Å²) in [6.45, 7) is 2.02. The van der Waals surface area contributed by atoms with E-state index in [1.54, 1.807) is 11.8 Å². The Kier molecular flexibility index (Phi) is 4.91. The van der Waals surface area contributed by atoms with Crippen molar-refractivity contribution in [1.82, 2.24) is 15.1 Å². The van der Waals surface area contributed by atoms with Crippen LogP contribution in [0.2, 0.25) is 0 Å². The number of nitrogens with zero attached hydrogens (tertiary/aromatic N) is 2. The molecule has 1 saturated carbocycles. The summed E-state index contributed by atoms with van der Waals surface area (Å²) in [5.41, 5.74) is 2.18. The molecular weight excluding hydrogens is 342 g/mol. The second-order valence-corrected chi connectivity index (χ2v) is 7.71. The van der Waals surface area contributed by atoms with Crippen LogP contribution in [0.4, 0.5) is 0 Å². The Morgan fingerprint density at radius 1 is 1.37 bits per heavy atom. The molecule has 1 aliphatic heterocycles. The lowest BCUT2D eigenvalue weighted by Crippen LogP contribution is -2.45. The fraction of sp³-hybridized carbons (Fsp3) is 0.524. The summed E-state index contributed by atoms with van der Waals surface area (Å²) in [6, 6.07) is 8.13. The van der Waals surface area contributed by atoms with Crippen LogP contribution in [-0.2, 0) is 22.0 Å². The van der Waals surface area contributed by atoms with Crippen molar-refractivity contribution in [2.45, 2.75) is 30.6 Å². The van der Waals surface area contributed by atoms with E-state index in [-0.39, 0.29) is 17.2 Å². The number of ether oxygens (including phenoxy) is 2. The van der Waals surface area contributed by atoms with E-state index in [4.69, 9.17) is 9.47 Å². The van der Waals surface area contributed by atoms with E-state index in [2.05, 4.69) is 16.5 Å². The highest BCUT2D eigenvalue weighted by molar-refractivity contribution is 5.83. The first-order valence-corrected chi connectivity index (χ1v) is 9.60. The predicted octanol–water partition coefficient (Wildman–Crippen LogP) is 2.40. The number of amides is 1. The van der Waals surface area contributed by atoms with E-state index in [1.807, 2.05) is 37.6 Å². The summed E-state index contributed by atoms with van der Waals surface area (Å²) in [4.78, 5) is 12.8. The monoisotopic (exact) mass is 369 g/mol. The van der Waals surface area contributed by atoms with Crippen molar-refractivity contribution in [2.24, 2.45) is 13.0 Å².